The molecule has 8 heteroatoms. The van der Waals surface area contributed by atoms with Gasteiger partial charge in [-0.15, -0.1) is 0 Å². The van der Waals surface area contributed by atoms with Crippen LogP contribution in [-0.4, -0.2) is 33.0 Å². The molecular formula is C16H16ClNO5S. The summed E-state index contributed by atoms with van der Waals surface area (Å²) in [6.45, 7) is 0.0605. The first-order chi connectivity index (χ1) is 11.3. The Hall–Kier alpha value is -1.93. The quantitative estimate of drug-likeness (QED) is 0.578. The van der Waals surface area contributed by atoms with Crippen molar-refractivity contribution in [1.29, 1.82) is 0 Å². The van der Waals surface area contributed by atoms with Crippen LogP contribution in [0.4, 0.5) is 0 Å². The van der Waals surface area contributed by atoms with Crippen molar-refractivity contribution in [2.75, 3.05) is 14.2 Å². The van der Waals surface area contributed by atoms with Crippen LogP contribution in [0.5, 0.6) is 0 Å². The van der Waals surface area contributed by atoms with E-state index in [4.69, 9.17) is 21.2 Å². The van der Waals surface area contributed by atoms with Crippen molar-refractivity contribution in [3.05, 3.63) is 64.7 Å². The van der Waals surface area contributed by atoms with Gasteiger partial charge in [0.1, 0.15) is 6.61 Å². The van der Waals surface area contributed by atoms with Gasteiger partial charge >= 0.3 is 5.97 Å². The minimum absolute atomic E-state index is 0.0605. The molecule has 2 aromatic rings. The van der Waals surface area contributed by atoms with Gasteiger partial charge in [-0.1, -0.05) is 34.3 Å². The lowest BCUT2D eigenvalue weighted by Crippen LogP contribution is -2.25. The molecule has 0 spiro atoms. The van der Waals surface area contributed by atoms with E-state index in [0.29, 0.717) is 9.49 Å². The molecule has 0 radical (unpaired) electrons. The molecular weight excluding hydrogens is 354 g/mol. The number of sulfonamides is 1. The van der Waals surface area contributed by atoms with E-state index in [1.54, 1.807) is 24.3 Å². The Bertz CT molecular complexity index is 821. The summed E-state index contributed by atoms with van der Waals surface area (Å²) in [7, 11) is -1.33. The lowest BCUT2D eigenvalue weighted by Gasteiger charge is -2.14. The zero-order chi connectivity index (χ0) is 17.7. The van der Waals surface area contributed by atoms with Crippen molar-refractivity contribution in [3.63, 3.8) is 0 Å². The molecule has 0 fully saturated rings. The van der Waals surface area contributed by atoms with Crippen molar-refractivity contribution in [3.8, 4) is 0 Å². The number of hydrogen-bond donors (Lipinski definition) is 0. The van der Waals surface area contributed by atoms with E-state index < -0.39 is 16.0 Å². The van der Waals surface area contributed by atoms with Gasteiger partial charge in [0.2, 0.25) is 0 Å². The minimum atomic E-state index is -3.83. The molecule has 0 N–H and O–H groups in total. The number of halogens is 1. The average molecular weight is 370 g/mol. The molecule has 0 heterocycles. The molecule has 2 rings (SSSR count). The molecule has 24 heavy (non-hydrogen) atoms. The predicted octanol–water partition coefficient (Wildman–Crippen LogP) is 2.88. The van der Waals surface area contributed by atoms with Crippen molar-refractivity contribution in [2.45, 2.75) is 11.5 Å². The zero-order valence-electron chi connectivity index (χ0n) is 13.1. The standard InChI is InChI=1S/C16H16ClNO5S/c1-18(22-2)24(20,21)15-5-3-4-13(10-15)16(19)23-11-12-6-8-14(17)9-7-12/h3-10H,11H2,1-2H3. The number of ether oxygens (including phenoxy) is 1. The van der Waals surface area contributed by atoms with Gasteiger partial charge in [0.05, 0.1) is 17.6 Å². The van der Waals surface area contributed by atoms with Gasteiger partial charge in [-0.05, 0) is 35.9 Å². The van der Waals surface area contributed by atoms with Crippen LogP contribution in [0.1, 0.15) is 15.9 Å². The SMILES string of the molecule is CON(C)S(=O)(=O)c1cccc(C(=O)OCc2ccc(Cl)cc2)c1. The third-order valence-corrected chi connectivity index (χ3v) is 5.17. The number of carbonyl (C=O) groups excluding carboxylic acids is 1. The molecule has 128 valence electrons. The van der Waals surface area contributed by atoms with Crippen LogP contribution < -0.4 is 0 Å². The Kier molecular flexibility index (Phi) is 5.95. The van der Waals surface area contributed by atoms with Crippen molar-refractivity contribution in [2.24, 2.45) is 0 Å². The lowest BCUT2D eigenvalue weighted by molar-refractivity contribution is -0.0258. The van der Waals surface area contributed by atoms with Gasteiger partial charge in [-0.25, -0.2) is 13.2 Å². The highest BCUT2D eigenvalue weighted by molar-refractivity contribution is 7.89. The van der Waals surface area contributed by atoms with Crippen LogP contribution in [-0.2, 0) is 26.2 Å². The molecule has 0 atom stereocenters. The summed E-state index contributed by atoms with van der Waals surface area (Å²) in [5.41, 5.74) is 0.908. The maximum absolute atomic E-state index is 12.2. The monoisotopic (exact) mass is 369 g/mol. The molecule has 0 saturated carbocycles. The molecule has 0 aliphatic rings. The summed E-state index contributed by atoms with van der Waals surface area (Å²) in [4.78, 5) is 16.8. The second-order valence-corrected chi connectivity index (χ2v) is 7.20. The van der Waals surface area contributed by atoms with Gasteiger partial charge in [0.15, 0.2) is 0 Å². The molecule has 0 amide bonds. The third-order valence-electron chi connectivity index (χ3n) is 3.25. The second kappa shape index (κ2) is 7.76. The van der Waals surface area contributed by atoms with Crippen LogP contribution in [0.2, 0.25) is 5.02 Å². The van der Waals surface area contributed by atoms with Crippen LogP contribution in [0, 0.1) is 0 Å². The highest BCUT2D eigenvalue weighted by Crippen LogP contribution is 2.17. The van der Waals surface area contributed by atoms with Crippen LogP contribution >= 0.6 is 11.6 Å². The number of nitrogens with zero attached hydrogens (tertiary/aromatic N) is 1. The summed E-state index contributed by atoms with van der Waals surface area (Å²) < 4.78 is 30.3. The van der Waals surface area contributed by atoms with E-state index in [2.05, 4.69) is 0 Å². The highest BCUT2D eigenvalue weighted by atomic mass is 35.5. The summed E-state index contributed by atoms with van der Waals surface area (Å²) in [5.74, 6) is -0.623. The van der Waals surface area contributed by atoms with Gasteiger partial charge in [-0.3, -0.25) is 4.84 Å². The predicted molar refractivity (Wildman–Crippen MR) is 89.0 cm³/mol. The van der Waals surface area contributed by atoms with E-state index >= 15 is 0 Å². The normalized spacial score (nSPS) is 11.5. The Morgan fingerprint density at radius 3 is 2.46 bits per heavy atom. The van der Waals surface area contributed by atoms with E-state index in [0.717, 1.165) is 5.56 Å². The smallest absolute Gasteiger partial charge is 0.338 e. The van der Waals surface area contributed by atoms with E-state index in [9.17, 15) is 13.2 Å². The van der Waals surface area contributed by atoms with Gasteiger partial charge in [0.25, 0.3) is 10.0 Å². The van der Waals surface area contributed by atoms with Crippen molar-refractivity contribution < 1.29 is 22.8 Å². The fourth-order valence-electron chi connectivity index (χ4n) is 1.84. The Morgan fingerprint density at radius 1 is 1.17 bits per heavy atom. The number of esters is 1. The van der Waals surface area contributed by atoms with E-state index in [-0.39, 0.29) is 17.1 Å². The molecule has 6 nitrogen and oxygen atoms in total. The first-order valence-electron chi connectivity index (χ1n) is 6.89. The topological polar surface area (TPSA) is 72.9 Å². The average Bonchev–Trinajstić information content (AvgIpc) is 2.60. The van der Waals surface area contributed by atoms with Gasteiger partial charge in [-0.2, -0.15) is 0 Å². The molecule has 0 aliphatic heterocycles. The first-order valence-corrected chi connectivity index (χ1v) is 8.71. The number of hydrogen-bond acceptors (Lipinski definition) is 5. The zero-order valence-corrected chi connectivity index (χ0v) is 14.7. The van der Waals surface area contributed by atoms with Crippen molar-refractivity contribution in [1.82, 2.24) is 4.47 Å². The third kappa shape index (κ3) is 4.33. The van der Waals surface area contributed by atoms with Crippen LogP contribution in [0.25, 0.3) is 0 Å². The maximum atomic E-state index is 12.2. The van der Waals surface area contributed by atoms with E-state index in [1.165, 1.54) is 38.4 Å². The number of hydroxylamine groups is 1. The second-order valence-electron chi connectivity index (χ2n) is 4.83. The maximum Gasteiger partial charge on any atom is 0.338 e. The summed E-state index contributed by atoms with van der Waals surface area (Å²) in [6.07, 6.45) is 0. The largest absolute Gasteiger partial charge is 0.457 e. The molecule has 0 bridgehead atoms. The molecule has 0 saturated heterocycles. The molecule has 0 aliphatic carbocycles. The van der Waals surface area contributed by atoms with E-state index in [1.807, 2.05) is 0 Å². The number of rotatable bonds is 6. The van der Waals surface area contributed by atoms with Gasteiger partial charge < -0.3 is 4.74 Å². The molecule has 2 aromatic carbocycles. The fourth-order valence-corrected chi connectivity index (χ4v) is 2.99. The summed E-state index contributed by atoms with van der Waals surface area (Å²) >= 11 is 5.79. The van der Waals surface area contributed by atoms with Gasteiger partial charge in [0, 0.05) is 12.1 Å². The highest BCUT2D eigenvalue weighted by Gasteiger charge is 2.22. The number of benzene rings is 2. The summed E-state index contributed by atoms with van der Waals surface area (Å²) in [5, 5.41) is 0.588. The van der Waals surface area contributed by atoms with Crippen molar-refractivity contribution >= 4 is 27.6 Å². The summed E-state index contributed by atoms with van der Waals surface area (Å²) in [6, 6.07) is 12.4. The first kappa shape index (κ1) is 18.4. The lowest BCUT2D eigenvalue weighted by atomic mass is 10.2. The minimum Gasteiger partial charge on any atom is -0.457 e. The Labute approximate surface area is 145 Å². The molecule has 0 unspecified atom stereocenters. The Balaban J connectivity index is 2.13. The fraction of sp³-hybridized carbons (Fsp3) is 0.188. The van der Waals surface area contributed by atoms with Crippen LogP contribution in [0.15, 0.2) is 53.4 Å². The number of carbonyl (C=O) groups is 1. The molecule has 0 aromatic heterocycles. The Morgan fingerprint density at radius 2 is 1.83 bits per heavy atom. The van der Waals surface area contributed by atoms with Crippen LogP contribution in [0.3, 0.4) is 0 Å².